The number of aryl methyl sites for hydroxylation is 1. The molecule has 0 N–H and O–H groups in total. The van der Waals surface area contributed by atoms with Crippen LogP contribution in [0.2, 0.25) is 0 Å². The number of nitrogens with zero attached hydrogens (tertiary/aromatic N) is 5. The average molecular weight is 349 g/mol. The summed E-state index contributed by atoms with van der Waals surface area (Å²) in [6.45, 7) is 1.60. The Balaban J connectivity index is 1.51. The summed E-state index contributed by atoms with van der Waals surface area (Å²) < 4.78 is 9.39. The van der Waals surface area contributed by atoms with Crippen molar-refractivity contribution in [3.63, 3.8) is 0 Å². The number of aromatic nitrogens is 5. The summed E-state index contributed by atoms with van der Waals surface area (Å²) in [5, 5.41) is 9.24. The van der Waals surface area contributed by atoms with Gasteiger partial charge in [-0.3, -0.25) is 4.68 Å². The largest absolute Gasteiger partial charge is 0.381 e. The monoisotopic (exact) mass is 349 g/mol. The second kappa shape index (κ2) is 6.36. The third-order valence-electron chi connectivity index (χ3n) is 5.60. The van der Waals surface area contributed by atoms with Crippen LogP contribution in [0.1, 0.15) is 54.2 Å². The van der Waals surface area contributed by atoms with E-state index < -0.39 is 0 Å². The van der Waals surface area contributed by atoms with Crippen molar-refractivity contribution in [2.45, 2.75) is 37.0 Å². The van der Waals surface area contributed by atoms with Gasteiger partial charge in [0.05, 0.1) is 6.20 Å². The van der Waals surface area contributed by atoms with E-state index in [1.54, 1.807) is 0 Å². The summed E-state index contributed by atoms with van der Waals surface area (Å²) in [5.41, 5.74) is 1.39. The lowest BCUT2D eigenvalue weighted by Gasteiger charge is -2.18. The SMILES string of the molecule is Cn1nccc1-n1nc(C2CCOCC2)nc1[C@@H]1C[C@H]1c1ccccc1. The lowest BCUT2D eigenvalue weighted by Crippen LogP contribution is -2.15. The van der Waals surface area contributed by atoms with Gasteiger partial charge in [-0.2, -0.15) is 9.78 Å². The Kier molecular flexibility index (Phi) is 3.85. The standard InChI is InChI=1S/C20H23N5O/c1-24-18(7-10-21-24)25-20(17-13-16(17)14-5-3-2-4-6-14)22-19(23-25)15-8-11-26-12-9-15/h2-7,10,15-17H,8-9,11-13H2,1H3/t16-,17+/m0/s1. The highest BCUT2D eigenvalue weighted by atomic mass is 16.5. The van der Waals surface area contributed by atoms with Gasteiger partial charge in [-0.25, -0.2) is 4.98 Å². The second-order valence-corrected chi connectivity index (χ2v) is 7.30. The van der Waals surface area contributed by atoms with Gasteiger partial charge in [-0.15, -0.1) is 5.10 Å². The van der Waals surface area contributed by atoms with Crippen LogP contribution in [0.5, 0.6) is 0 Å². The smallest absolute Gasteiger partial charge is 0.154 e. The molecule has 1 saturated carbocycles. The molecule has 5 rings (SSSR count). The van der Waals surface area contributed by atoms with Crippen LogP contribution in [0.4, 0.5) is 0 Å². The molecule has 0 amide bonds. The Labute approximate surface area is 152 Å². The van der Waals surface area contributed by atoms with Crippen LogP contribution in [0.25, 0.3) is 5.82 Å². The van der Waals surface area contributed by atoms with Crippen molar-refractivity contribution in [2.24, 2.45) is 7.05 Å². The van der Waals surface area contributed by atoms with E-state index in [1.807, 2.05) is 28.7 Å². The molecule has 0 radical (unpaired) electrons. The molecule has 2 atom stereocenters. The predicted octanol–water partition coefficient (Wildman–Crippen LogP) is 3.17. The van der Waals surface area contributed by atoms with Crippen LogP contribution in [0.15, 0.2) is 42.6 Å². The van der Waals surface area contributed by atoms with Crippen LogP contribution in [-0.2, 0) is 11.8 Å². The van der Waals surface area contributed by atoms with E-state index in [0.29, 0.717) is 17.8 Å². The van der Waals surface area contributed by atoms with Crippen LogP contribution in [0.3, 0.4) is 0 Å². The minimum Gasteiger partial charge on any atom is -0.381 e. The summed E-state index contributed by atoms with van der Waals surface area (Å²) in [6, 6.07) is 12.7. The molecule has 1 aromatic carbocycles. The maximum Gasteiger partial charge on any atom is 0.154 e. The summed E-state index contributed by atoms with van der Waals surface area (Å²) >= 11 is 0. The Bertz CT molecular complexity index is 894. The van der Waals surface area contributed by atoms with Gasteiger partial charge in [-0.1, -0.05) is 30.3 Å². The fraction of sp³-hybridized carbons (Fsp3) is 0.450. The maximum absolute atomic E-state index is 5.51. The molecule has 1 aliphatic carbocycles. The van der Waals surface area contributed by atoms with Gasteiger partial charge in [0.1, 0.15) is 5.82 Å². The Morgan fingerprint density at radius 1 is 1.04 bits per heavy atom. The van der Waals surface area contributed by atoms with Gasteiger partial charge >= 0.3 is 0 Å². The highest BCUT2D eigenvalue weighted by Crippen LogP contribution is 2.54. The summed E-state index contributed by atoms with van der Waals surface area (Å²) in [7, 11) is 1.95. The van der Waals surface area contributed by atoms with Crippen molar-refractivity contribution in [2.75, 3.05) is 13.2 Å². The van der Waals surface area contributed by atoms with E-state index in [9.17, 15) is 0 Å². The molecule has 1 saturated heterocycles. The van der Waals surface area contributed by atoms with Crippen molar-refractivity contribution in [1.29, 1.82) is 0 Å². The lowest BCUT2D eigenvalue weighted by atomic mass is 10.00. The van der Waals surface area contributed by atoms with Crippen LogP contribution >= 0.6 is 0 Å². The van der Waals surface area contributed by atoms with E-state index >= 15 is 0 Å². The van der Waals surface area contributed by atoms with Gasteiger partial charge in [-0.05, 0) is 30.7 Å². The van der Waals surface area contributed by atoms with E-state index in [0.717, 1.165) is 49.9 Å². The number of hydrogen-bond donors (Lipinski definition) is 0. The fourth-order valence-electron chi connectivity index (χ4n) is 4.00. The molecular weight excluding hydrogens is 326 g/mol. The molecular formula is C20H23N5O. The zero-order valence-corrected chi connectivity index (χ0v) is 15.0. The summed E-state index contributed by atoms with van der Waals surface area (Å²) in [4.78, 5) is 5.02. The first-order valence-electron chi connectivity index (χ1n) is 9.39. The number of rotatable bonds is 4. The topological polar surface area (TPSA) is 57.8 Å². The Hall–Kier alpha value is -2.47. The van der Waals surface area contributed by atoms with Gasteiger partial charge in [0.15, 0.2) is 11.6 Å². The van der Waals surface area contributed by atoms with E-state index in [1.165, 1.54) is 5.56 Å². The second-order valence-electron chi connectivity index (χ2n) is 7.30. The molecule has 0 unspecified atom stereocenters. The number of ether oxygens (including phenoxy) is 1. The quantitative estimate of drug-likeness (QED) is 0.726. The van der Waals surface area contributed by atoms with Gasteiger partial charge in [0.25, 0.3) is 0 Å². The molecule has 3 aromatic rings. The van der Waals surface area contributed by atoms with Crippen LogP contribution in [-0.4, -0.2) is 37.8 Å². The highest BCUT2D eigenvalue weighted by Gasteiger charge is 2.44. The lowest BCUT2D eigenvalue weighted by molar-refractivity contribution is 0.0836. The molecule has 134 valence electrons. The minimum absolute atomic E-state index is 0.394. The van der Waals surface area contributed by atoms with Crippen molar-refractivity contribution in [3.8, 4) is 5.82 Å². The third kappa shape index (κ3) is 2.74. The van der Waals surface area contributed by atoms with E-state index in [-0.39, 0.29) is 0 Å². The highest BCUT2D eigenvalue weighted by molar-refractivity contribution is 5.34. The molecule has 6 heteroatoms. The first kappa shape index (κ1) is 15.8. The molecule has 6 nitrogen and oxygen atoms in total. The Morgan fingerprint density at radius 2 is 1.85 bits per heavy atom. The minimum atomic E-state index is 0.394. The van der Waals surface area contributed by atoms with E-state index in [2.05, 4.69) is 35.4 Å². The van der Waals surface area contributed by atoms with Gasteiger partial charge in [0.2, 0.25) is 0 Å². The molecule has 2 aromatic heterocycles. The van der Waals surface area contributed by atoms with Crippen molar-refractivity contribution >= 4 is 0 Å². The third-order valence-corrected chi connectivity index (χ3v) is 5.60. The molecule has 1 aliphatic heterocycles. The molecule has 3 heterocycles. The number of benzene rings is 1. The van der Waals surface area contributed by atoms with Crippen molar-refractivity contribution in [3.05, 3.63) is 59.8 Å². The van der Waals surface area contributed by atoms with Crippen LogP contribution < -0.4 is 0 Å². The van der Waals surface area contributed by atoms with Gasteiger partial charge in [0, 0.05) is 38.2 Å². The maximum atomic E-state index is 5.51. The van der Waals surface area contributed by atoms with Crippen molar-refractivity contribution in [1.82, 2.24) is 24.5 Å². The molecule has 2 aliphatic rings. The summed E-state index contributed by atoms with van der Waals surface area (Å²) in [5.74, 6) is 4.37. The van der Waals surface area contributed by atoms with E-state index in [4.69, 9.17) is 14.8 Å². The molecule has 2 fully saturated rings. The normalized spacial score (nSPS) is 23.3. The first-order valence-corrected chi connectivity index (χ1v) is 9.39. The molecule has 0 spiro atoms. The van der Waals surface area contributed by atoms with Crippen LogP contribution in [0, 0.1) is 0 Å². The summed E-state index contributed by atoms with van der Waals surface area (Å²) in [6.07, 6.45) is 4.95. The average Bonchev–Trinajstić information content (AvgIpc) is 3.18. The first-order chi connectivity index (χ1) is 12.8. The predicted molar refractivity (Wildman–Crippen MR) is 97.5 cm³/mol. The zero-order chi connectivity index (χ0) is 17.5. The Morgan fingerprint density at radius 3 is 2.58 bits per heavy atom. The van der Waals surface area contributed by atoms with Crippen molar-refractivity contribution < 1.29 is 4.74 Å². The number of hydrogen-bond acceptors (Lipinski definition) is 4. The molecule has 0 bridgehead atoms. The molecule has 26 heavy (non-hydrogen) atoms. The fourth-order valence-corrected chi connectivity index (χ4v) is 4.00. The van der Waals surface area contributed by atoms with Gasteiger partial charge < -0.3 is 4.74 Å². The zero-order valence-electron chi connectivity index (χ0n) is 15.0.